The predicted molar refractivity (Wildman–Crippen MR) is 33.3 cm³/mol. The maximum Gasteiger partial charge on any atom is 3.00 e. The number of hydrogen-bond donors (Lipinski definition) is 0. The van der Waals surface area contributed by atoms with Gasteiger partial charge in [-0.25, -0.2) is 0 Å². The van der Waals surface area contributed by atoms with Gasteiger partial charge in [0.25, 0.3) is 0 Å². The summed E-state index contributed by atoms with van der Waals surface area (Å²) in [5.41, 5.74) is 0. The summed E-state index contributed by atoms with van der Waals surface area (Å²) in [6.45, 7) is 0. The molecule has 0 aliphatic carbocycles. The zero-order valence-electron chi connectivity index (χ0n) is 5.88. The summed E-state index contributed by atoms with van der Waals surface area (Å²) < 4.78 is 0. The fraction of sp³-hybridized carbons (Fsp3) is 0. The van der Waals surface area contributed by atoms with Gasteiger partial charge < -0.3 is 45.0 Å². The summed E-state index contributed by atoms with van der Waals surface area (Å²) >= 11 is 0. The molecule has 2 radical (unpaired) electrons. The van der Waals surface area contributed by atoms with Crippen LogP contribution in [0.5, 0.6) is 0 Å². The summed E-state index contributed by atoms with van der Waals surface area (Å²) in [4.78, 5) is 25.0. The maximum atomic E-state index is 8.33. The topological polar surface area (TPSA) is 190 Å². The standard InChI is InChI=1S/3CH2O3.2Fe.2Mg.4H/c3*2-1(3)4;;;;;;;;/h3*(H2,2,3,4);;;;;;;;/q;;;2*+3;;;;;;/p-6. The van der Waals surface area contributed by atoms with Crippen LogP contribution in [0.4, 0.5) is 14.4 Å². The van der Waals surface area contributed by atoms with Crippen molar-refractivity contribution in [1.82, 2.24) is 0 Å². The van der Waals surface area contributed by atoms with Crippen molar-refractivity contribution in [1.29, 1.82) is 0 Å². The molecular weight excluding hydrogens is 340 g/mol. The van der Waals surface area contributed by atoms with Gasteiger partial charge in [0.05, 0.1) is 0 Å². The molecule has 0 aromatic rings. The van der Waals surface area contributed by atoms with E-state index in [-0.39, 0.29) is 80.2 Å². The van der Waals surface area contributed by atoms with Crippen molar-refractivity contribution in [2.75, 3.05) is 0 Å². The van der Waals surface area contributed by atoms with Crippen LogP contribution in [-0.2, 0) is 34.1 Å². The Morgan fingerprint density at radius 3 is 0.500 bits per heavy atom. The smallest absolute Gasteiger partial charge is 0.652 e. The number of carboxylic acid groups (broad SMARTS) is 6. The number of carbonyl (C=O) groups is 3. The van der Waals surface area contributed by atoms with Crippen molar-refractivity contribution in [3.8, 4) is 0 Å². The predicted octanol–water partition coefficient (Wildman–Crippen LogP) is -9.18. The Hall–Kier alpha value is 0.381. The number of carbonyl (C=O) groups excluding carboxylic acids is 3. The summed E-state index contributed by atoms with van der Waals surface area (Å²) in [6, 6.07) is 0. The second kappa shape index (κ2) is 36.1. The van der Waals surface area contributed by atoms with Crippen LogP contribution in [-0.4, -0.2) is 64.6 Å². The largest absolute Gasteiger partial charge is 3.00 e. The van der Waals surface area contributed by atoms with E-state index in [0.717, 1.165) is 0 Å². The normalized spacial score (nSPS) is 4.50. The molecule has 9 nitrogen and oxygen atoms in total. The van der Waals surface area contributed by atoms with E-state index in [1.807, 2.05) is 0 Å². The molecular formula is C3H4Fe2Mg2O9. The molecule has 0 fully saturated rings. The third-order valence-corrected chi connectivity index (χ3v) is 0. The van der Waals surface area contributed by atoms with Crippen molar-refractivity contribution in [3.05, 3.63) is 0 Å². The van der Waals surface area contributed by atoms with Crippen LogP contribution < -0.4 is 30.6 Å². The fourth-order valence-corrected chi connectivity index (χ4v) is 0. The van der Waals surface area contributed by atoms with Gasteiger partial charge in [-0.3, -0.25) is 0 Å². The fourth-order valence-electron chi connectivity index (χ4n) is 0. The molecule has 0 aromatic carbocycles. The van der Waals surface area contributed by atoms with Gasteiger partial charge in [-0.05, 0) is 18.5 Å². The van der Waals surface area contributed by atoms with Gasteiger partial charge in [0, 0.05) is 0 Å². The average molecular weight is 344 g/mol. The zero-order chi connectivity index (χ0) is 10.7. The van der Waals surface area contributed by atoms with Crippen molar-refractivity contribution in [3.63, 3.8) is 0 Å². The average Bonchev–Trinajstić information content (AvgIpc) is 1.54. The van der Waals surface area contributed by atoms with Gasteiger partial charge in [-0.1, -0.05) is 0 Å². The molecule has 0 saturated heterocycles. The van der Waals surface area contributed by atoms with Gasteiger partial charge in [0.2, 0.25) is 0 Å². The first-order valence-electron chi connectivity index (χ1n) is 1.84. The summed E-state index contributed by atoms with van der Waals surface area (Å²) in [6.07, 6.45) is -7.00. The third kappa shape index (κ3) is 17700. The Kier molecular flexibility index (Phi) is 99.5. The summed E-state index contributed by atoms with van der Waals surface area (Å²) in [7, 11) is 0. The van der Waals surface area contributed by atoms with Crippen molar-refractivity contribution in [2.45, 2.75) is 0 Å². The molecule has 16 heavy (non-hydrogen) atoms. The zero-order valence-corrected chi connectivity index (χ0v) is 8.09. The molecule has 0 amide bonds. The first-order valence-corrected chi connectivity index (χ1v) is 1.84. The van der Waals surface area contributed by atoms with Crippen LogP contribution in [0, 0.1) is 0 Å². The number of hydrogen-bond acceptors (Lipinski definition) is 9. The minimum Gasteiger partial charge on any atom is -0.652 e. The Labute approximate surface area is 142 Å². The minimum absolute atomic E-state index is 0. The molecule has 0 aromatic heterocycles. The van der Waals surface area contributed by atoms with Crippen LogP contribution in [0.2, 0.25) is 0 Å². The van der Waals surface area contributed by atoms with Gasteiger partial charge in [-0.15, -0.1) is 0 Å². The van der Waals surface area contributed by atoms with E-state index < -0.39 is 18.5 Å². The van der Waals surface area contributed by atoms with Gasteiger partial charge in [0.1, 0.15) is 0 Å². The first kappa shape index (κ1) is 44.0. The van der Waals surface area contributed by atoms with Gasteiger partial charge in [-0.2, -0.15) is 0 Å². The van der Waals surface area contributed by atoms with Crippen molar-refractivity contribution in [2.24, 2.45) is 0 Å². The Bertz CT molecular complexity index is 124. The molecule has 0 unspecified atom stereocenters. The van der Waals surface area contributed by atoms with Crippen LogP contribution in [0.3, 0.4) is 0 Å². The molecule has 0 N–H and O–H groups in total. The Balaban J connectivity index is -0.0000000135. The molecule has 0 bridgehead atoms. The molecule has 0 aliphatic heterocycles. The van der Waals surface area contributed by atoms with Gasteiger partial charge in [0.15, 0.2) is 0 Å². The van der Waals surface area contributed by atoms with E-state index in [2.05, 4.69) is 0 Å². The maximum absolute atomic E-state index is 8.33. The first-order chi connectivity index (χ1) is 5.20. The molecule has 0 heterocycles. The molecule has 0 atom stereocenters. The molecule has 0 aliphatic rings. The second-order valence-electron chi connectivity index (χ2n) is 0.750. The second-order valence-corrected chi connectivity index (χ2v) is 0.750. The van der Waals surface area contributed by atoms with E-state index >= 15 is 0 Å². The summed E-state index contributed by atoms with van der Waals surface area (Å²) in [5, 5.41) is 50.0. The van der Waals surface area contributed by atoms with E-state index in [1.165, 1.54) is 0 Å². The SMILES string of the molecule is O=C([O-])[O-].O=C([O-])[O-].O=C([O-])[O-].[Fe+3].[Fe+3].[MgH2].[MgH2]. The van der Waals surface area contributed by atoms with Gasteiger partial charge >= 0.3 is 80.2 Å². The quantitative estimate of drug-likeness (QED) is 0.384. The molecule has 0 spiro atoms. The molecule has 0 saturated carbocycles. The monoisotopic (exact) mass is 344 g/mol. The van der Waals surface area contributed by atoms with E-state index in [4.69, 9.17) is 45.0 Å². The molecule has 13 heteroatoms. The van der Waals surface area contributed by atoms with Crippen LogP contribution in [0.1, 0.15) is 0 Å². The Morgan fingerprint density at radius 1 is 0.500 bits per heavy atom. The minimum atomic E-state index is -2.33. The van der Waals surface area contributed by atoms with E-state index in [0.29, 0.717) is 0 Å². The summed E-state index contributed by atoms with van der Waals surface area (Å²) in [5.74, 6) is 0. The van der Waals surface area contributed by atoms with Crippen LogP contribution >= 0.6 is 0 Å². The Morgan fingerprint density at radius 2 is 0.500 bits per heavy atom. The van der Waals surface area contributed by atoms with Crippen LogP contribution in [0.25, 0.3) is 0 Å². The molecule has 90 valence electrons. The van der Waals surface area contributed by atoms with Crippen molar-refractivity contribution < 1.29 is 79.2 Å². The third-order valence-electron chi connectivity index (χ3n) is 0. The van der Waals surface area contributed by atoms with Crippen LogP contribution in [0.15, 0.2) is 0 Å². The van der Waals surface area contributed by atoms with E-state index in [1.54, 1.807) is 0 Å². The number of rotatable bonds is 0. The molecule has 0 rings (SSSR count). The van der Waals surface area contributed by atoms with Crippen molar-refractivity contribution >= 4 is 64.6 Å². The van der Waals surface area contributed by atoms with E-state index in [9.17, 15) is 0 Å².